The predicted molar refractivity (Wildman–Crippen MR) is 102 cm³/mol. The van der Waals surface area contributed by atoms with E-state index in [1.807, 2.05) is 0 Å². The average Bonchev–Trinajstić information content (AvgIpc) is 2.46. The van der Waals surface area contributed by atoms with E-state index in [4.69, 9.17) is 5.73 Å². The van der Waals surface area contributed by atoms with Gasteiger partial charge in [-0.1, -0.05) is 44.9 Å². The minimum Gasteiger partial charge on any atom is -0.726 e. The number of quaternary nitrogens is 1. The summed E-state index contributed by atoms with van der Waals surface area (Å²) in [5.74, 6) is 0. The molecule has 1 aliphatic rings. The molecule has 0 aromatic carbocycles. The van der Waals surface area contributed by atoms with Gasteiger partial charge >= 0.3 is 0 Å². The molecule has 0 aliphatic heterocycles. The largest absolute Gasteiger partial charge is 0.726 e. The Kier molecular flexibility index (Phi) is 11.4. The van der Waals surface area contributed by atoms with Crippen LogP contribution in [0.25, 0.3) is 0 Å². The molecule has 1 atom stereocenters. The van der Waals surface area contributed by atoms with Crippen LogP contribution in [0.4, 0.5) is 0 Å². The molecule has 152 valence electrons. The number of hydrogen-bond donors (Lipinski definition) is 1. The maximum atomic E-state index is 9.22. The van der Waals surface area contributed by atoms with Crippen LogP contribution in [-0.4, -0.2) is 57.3 Å². The number of hydrogen-bond acceptors (Lipinski definition) is 5. The summed E-state index contributed by atoms with van der Waals surface area (Å²) >= 11 is 0. The van der Waals surface area contributed by atoms with Gasteiger partial charge in [-0.15, -0.1) is 0 Å². The molecule has 0 bridgehead atoms. The third-order valence-electron chi connectivity index (χ3n) is 5.61. The lowest BCUT2D eigenvalue weighted by Gasteiger charge is -2.49. The van der Waals surface area contributed by atoms with Gasteiger partial charge in [0.25, 0.3) is 0 Å². The molecule has 0 radical (unpaired) electrons. The summed E-state index contributed by atoms with van der Waals surface area (Å²) in [5.41, 5.74) is 6.73. The second-order valence-corrected chi connectivity index (χ2v) is 9.31. The summed E-state index contributed by atoms with van der Waals surface area (Å²) in [6, 6.07) is 0.287. The summed E-state index contributed by atoms with van der Waals surface area (Å²) in [6.45, 7) is 2.23. The summed E-state index contributed by atoms with van der Waals surface area (Å²) in [4.78, 5) is 0. The van der Waals surface area contributed by atoms with E-state index >= 15 is 0 Å². The molecule has 6 nitrogen and oxygen atoms in total. The van der Waals surface area contributed by atoms with Crippen LogP contribution in [0, 0.1) is 0 Å². The summed E-state index contributed by atoms with van der Waals surface area (Å²) in [5, 5.41) is 0. The molecular formula is C18H40N2O4S. The molecule has 1 fully saturated rings. The molecule has 25 heavy (non-hydrogen) atoms. The van der Waals surface area contributed by atoms with Gasteiger partial charge in [0.05, 0.1) is 34.3 Å². The van der Waals surface area contributed by atoms with Crippen molar-refractivity contribution in [2.45, 2.75) is 89.1 Å². The number of likely N-dealkylation sites (N-methyl/N-ethyl adjacent to an activating group) is 1. The van der Waals surface area contributed by atoms with Crippen LogP contribution in [0.15, 0.2) is 0 Å². The quantitative estimate of drug-likeness (QED) is 0.461. The van der Waals surface area contributed by atoms with Gasteiger partial charge in [0.2, 0.25) is 10.4 Å². The molecule has 2 N–H and O–H groups in total. The van der Waals surface area contributed by atoms with Gasteiger partial charge in [-0.05, 0) is 19.8 Å². The highest BCUT2D eigenvalue weighted by Gasteiger charge is 2.45. The summed E-state index contributed by atoms with van der Waals surface area (Å²) in [7, 11) is 3.42. The molecular weight excluding hydrogens is 340 g/mol. The maximum Gasteiger partial charge on any atom is 0.217 e. The van der Waals surface area contributed by atoms with Crippen molar-refractivity contribution in [1.82, 2.24) is 0 Å². The zero-order valence-electron chi connectivity index (χ0n) is 16.9. The first kappa shape index (κ1) is 24.8. The molecule has 0 amide bonds. The van der Waals surface area contributed by atoms with Crippen LogP contribution in [-0.2, 0) is 14.6 Å². The highest BCUT2D eigenvalue weighted by molar-refractivity contribution is 7.80. The van der Waals surface area contributed by atoms with E-state index in [9.17, 15) is 13.0 Å². The van der Waals surface area contributed by atoms with Gasteiger partial charge in [-0.2, -0.15) is 0 Å². The fraction of sp³-hybridized carbons (Fsp3) is 1.00. The number of nitrogens with two attached hydrogens (primary N) is 1. The average molecular weight is 381 g/mol. The minimum atomic E-state index is -4.41. The number of nitrogens with zero attached hydrogens (tertiary/aromatic N) is 1. The molecule has 1 aliphatic carbocycles. The normalized spacial score (nSPS) is 21.9. The lowest BCUT2D eigenvalue weighted by molar-refractivity contribution is -0.926. The molecule has 0 aromatic rings. The van der Waals surface area contributed by atoms with Crippen molar-refractivity contribution >= 4 is 10.4 Å². The highest BCUT2D eigenvalue weighted by Crippen LogP contribution is 2.34. The van der Waals surface area contributed by atoms with Gasteiger partial charge in [0.15, 0.2) is 0 Å². The van der Waals surface area contributed by atoms with Crippen molar-refractivity contribution in [3.63, 3.8) is 0 Å². The molecule has 0 saturated heterocycles. The van der Waals surface area contributed by atoms with Crippen molar-refractivity contribution < 1.29 is 21.6 Å². The highest BCUT2D eigenvalue weighted by atomic mass is 32.3. The van der Waals surface area contributed by atoms with Crippen molar-refractivity contribution in [2.75, 3.05) is 28.3 Å². The van der Waals surface area contributed by atoms with Gasteiger partial charge in [0, 0.05) is 12.8 Å². The van der Waals surface area contributed by atoms with Crippen molar-refractivity contribution in [3.8, 4) is 0 Å². The maximum absolute atomic E-state index is 9.22. The topological polar surface area (TPSA) is 92.5 Å². The van der Waals surface area contributed by atoms with E-state index in [1.54, 1.807) is 0 Å². The molecule has 0 spiro atoms. The van der Waals surface area contributed by atoms with Crippen LogP contribution in [0.3, 0.4) is 0 Å². The van der Waals surface area contributed by atoms with Crippen molar-refractivity contribution in [2.24, 2.45) is 5.73 Å². The van der Waals surface area contributed by atoms with E-state index < -0.39 is 10.4 Å². The van der Waals surface area contributed by atoms with Crippen LogP contribution >= 0.6 is 0 Å². The third-order valence-corrected chi connectivity index (χ3v) is 6.02. The number of rotatable bonds is 3. The van der Waals surface area contributed by atoms with E-state index in [0.717, 1.165) is 11.6 Å². The fourth-order valence-corrected chi connectivity index (χ4v) is 3.96. The Morgan fingerprint density at radius 2 is 1.20 bits per heavy atom. The first-order chi connectivity index (χ1) is 11.5. The zero-order chi connectivity index (χ0) is 19.6. The second-order valence-electron chi connectivity index (χ2n) is 8.16. The van der Waals surface area contributed by atoms with Crippen LogP contribution in [0.2, 0.25) is 0 Å². The van der Waals surface area contributed by atoms with Crippen LogP contribution in [0.1, 0.15) is 77.6 Å². The molecule has 1 unspecified atom stereocenters. The van der Waals surface area contributed by atoms with Crippen molar-refractivity contribution in [3.05, 3.63) is 0 Å². The molecule has 0 aromatic heterocycles. The predicted octanol–water partition coefficient (Wildman–Crippen LogP) is 3.18. The first-order valence-electron chi connectivity index (χ1n) is 9.55. The Labute approximate surface area is 155 Å². The summed E-state index contributed by atoms with van der Waals surface area (Å²) in [6.07, 6.45) is 15.3. The van der Waals surface area contributed by atoms with Crippen LogP contribution < -0.4 is 5.73 Å². The SMILES string of the molecule is CC(N)C1([N+](C)(C)C)CCCCCCCCCCC1.COS(=O)(=O)[O-]. The fourth-order valence-electron chi connectivity index (χ4n) is 3.96. The van der Waals surface area contributed by atoms with Crippen LogP contribution in [0.5, 0.6) is 0 Å². The molecule has 1 rings (SSSR count). The van der Waals surface area contributed by atoms with E-state index in [2.05, 4.69) is 32.2 Å². The minimum absolute atomic E-state index is 0.277. The summed E-state index contributed by atoms with van der Waals surface area (Å²) < 4.78 is 32.0. The monoisotopic (exact) mass is 380 g/mol. The Bertz CT molecular complexity index is 432. The Balaban J connectivity index is 0.000000823. The lowest BCUT2D eigenvalue weighted by Crippen LogP contribution is -2.65. The van der Waals surface area contributed by atoms with Gasteiger partial charge < -0.3 is 14.8 Å². The Hall–Kier alpha value is -0.210. The standard InChI is InChI=1S/C17H37N2.CH4O4S/c1-16(18)17(19(2,3)4)14-12-10-8-6-5-7-9-11-13-15-17;1-5-6(2,3)4/h16H,5-15,18H2,1-4H3;1H3,(H,2,3,4)/q+1;/p-1. The first-order valence-corrected chi connectivity index (χ1v) is 10.9. The molecule has 7 heteroatoms. The van der Waals surface area contributed by atoms with Gasteiger partial charge in [-0.25, -0.2) is 8.42 Å². The lowest BCUT2D eigenvalue weighted by atomic mass is 9.78. The van der Waals surface area contributed by atoms with E-state index in [-0.39, 0.29) is 11.6 Å². The van der Waals surface area contributed by atoms with E-state index in [1.165, 1.54) is 70.6 Å². The molecule has 1 saturated carbocycles. The van der Waals surface area contributed by atoms with E-state index in [0.29, 0.717) is 0 Å². The van der Waals surface area contributed by atoms with Crippen molar-refractivity contribution in [1.29, 1.82) is 0 Å². The van der Waals surface area contributed by atoms with Gasteiger partial charge in [0.1, 0.15) is 5.54 Å². The molecule has 0 heterocycles. The van der Waals surface area contributed by atoms with Gasteiger partial charge in [-0.3, -0.25) is 4.18 Å². The Morgan fingerprint density at radius 1 is 0.920 bits per heavy atom. The Morgan fingerprint density at radius 3 is 1.40 bits per heavy atom. The third kappa shape index (κ3) is 9.89. The smallest absolute Gasteiger partial charge is 0.217 e. The second kappa shape index (κ2) is 11.5. The zero-order valence-corrected chi connectivity index (χ0v) is 17.7.